The third kappa shape index (κ3) is 42.1. The van der Waals surface area contributed by atoms with Crippen LogP contribution in [0.25, 0.3) is 33.3 Å². The van der Waals surface area contributed by atoms with Crippen LogP contribution in [0.4, 0.5) is 62.0 Å². The Morgan fingerprint density at radius 1 is 0.400 bits per heavy atom. The van der Waals surface area contributed by atoms with Gasteiger partial charge in [-0.25, -0.2) is 93.9 Å². The van der Waals surface area contributed by atoms with Gasteiger partial charge in [-0.1, -0.05) is 59.4 Å². The molecule has 800 valence electrons. The molecule has 11 heterocycles. The van der Waals surface area contributed by atoms with Crippen LogP contribution in [0.15, 0.2) is 141 Å². The second-order valence-corrected chi connectivity index (χ2v) is 50.1. The number of sulfonamides is 4. The van der Waals surface area contributed by atoms with E-state index in [4.69, 9.17) is 110 Å². The van der Waals surface area contributed by atoms with E-state index < -0.39 is 105 Å². The summed E-state index contributed by atoms with van der Waals surface area (Å²) in [4.78, 5) is 30.2. The first-order chi connectivity index (χ1) is 67.6. The van der Waals surface area contributed by atoms with Crippen molar-refractivity contribution >= 4 is 231 Å². The third-order valence-electron chi connectivity index (χ3n) is 22.9. The zero-order valence-electron chi connectivity index (χ0n) is 81.7. The summed E-state index contributed by atoms with van der Waals surface area (Å²) in [6.07, 6.45) is 2.73. The molecule has 7 saturated heterocycles. The van der Waals surface area contributed by atoms with Gasteiger partial charge >= 0.3 is 21.1 Å². The normalized spacial score (nSPS) is 18.0. The molecule has 0 saturated carbocycles. The van der Waals surface area contributed by atoms with E-state index in [9.17, 15) is 64.0 Å². The molecule has 57 heteroatoms. The molecule has 0 spiro atoms. The highest BCUT2D eigenvalue weighted by molar-refractivity contribution is 9.11. The van der Waals surface area contributed by atoms with Crippen LogP contribution < -0.4 is 46.9 Å². The first-order valence-corrected chi connectivity index (χ1v) is 58.0. The van der Waals surface area contributed by atoms with Crippen molar-refractivity contribution in [2.24, 2.45) is 0 Å². The Kier molecular flexibility index (Phi) is 47.3. The van der Waals surface area contributed by atoms with Gasteiger partial charge in [0.05, 0.1) is 155 Å². The number of halogens is 12. The number of hydrogen-bond donors (Lipinski definition) is 8. The highest BCUT2D eigenvalue weighted by atomic mass is 79.9. The topological polar surface area (TPSA) is 488 Å². The van der Waals surface area contributed by atoms with Crippen molar-refractivity contribution in [3.63, 3.8) is 0 Å². The maximum absolute atomic E-state index is 14.2. The maximum Gasteiger partial charge on any atom is 0.495 e. The molecule has 0 aliphatic carbocycles. The van der Waals surface area contributed by atoms with E-state index in [1.54, 1.807) is 36.4 Å². The number of morpholine rings is 4. The number of anilines is 7. The van der Waals surface area contributed by atoms with Crippen molar-refractivity contribution in [1.82, 2.24) is 49.9 Å². The van der Waals surface area contributed by atoms with E-state index in [0.29, 0.717) is 154 Å². The van der Waals surface area contributed by atoms with Crippen molar-refractivity contribution in [3.8, 4) is 11.3 Å². The molecule has 0 amide bonds. The minimum absolute atomic E-state index is 0.00812. The standard InChI is InChI=1S/C19H21FN6O3S.C18H28BFN2O5S.C12H24B2O4.C12H16BrFN2O3S.C8H8BrClFNO2S.C7H5ClN4.C6H5BrFN.C4H9NO.C2H4Cl2O2S/c20-14-9-13(16-1-2-17-18(24-16)19(21)23-12-22-17)10-15(11-14)25-30(27,28)8-5-26-3-6-29-7-4-26;1-17(2)18(3,4)27-19(26-17)14-11-15(20)13-16(12-14)21-28(23,24)10-7-22-5-8-25-9-6-22;1-9(2)10(3,4)16-13(15-9)14-17-11(5,6)12(7,8)18-14;13-10-7-11(14)9-12(8-10)15-20(17,18)6-3-16-1-4-19-5-2-16;9-6-3-7(11)5-8(4-6)12-15(13,14)2-1-10;8-5-2-1-4-6(12-5)7(9)11-3-10-4;7-4-1-5(8)3-6(9)2-4;1-3-6-4-2-5-1;3-1-2-7(4,5)6/h1-2,9-12,25H,3-8H2,(H2,21,22,23);11-13,21H,5-10H2,1-4H3;1-8H3;7-9,15H,1-6H2;3-5,12H,1-2H2;1-3H,(H2,9,10,11);1-3H,9H2;5H,1-4H2;1-2H2. The highest BCUT2D eigenvalue weighted by Gasteiger charge is 2.64. The number of ether oxygens (including phenoxy) is 4. The fourth-order valence-electron chi connectivity index (χ4n) is 13.3. The summed E-state index contributed by atoms with van der Waals surface area (Å²) in [5.41, 5.74) is 18.7. The Morgan fingerprint density at radius 3 is 1.08 bits per heavy atom. The fraction of sp³-hybridized carbons (Fsp3) is 0.500. The molecule has 9 aromatic rings. The number of pyridine rings is 2. The van der Waals surface area contributed by atoms with Crippen LogP contribution in [-0.2, 0) is 96.0 Å². The van der Waals surface area contributed by atoms with Crippen LogP contribution in [0.5, 0.6) is 0 Å². The molecule has 0 bridgehead atoms. The van der Waals surface area contributed by atoms with E-state index >= 15 is 0 Å². The molecule has 0 unspecified atom stereocenters. The zero-order valence-corrected chi connectivity index (χ0v) is 93.6. The van der Waals surface area contributed by atoms with Crippen LogP contribution in [0.2, 0.25) is 5.15 Å². The predicted molar refractivity (Wildman–Crippen MR) is 571 cm³/mol. The number of nitrogens with one attached hydrogen (secondary N) is 5. The second kappa shape index (κ2) is 55.6. The number of nitrogens with two attached hydrogens (primary N) is 3. The lowest BCUT2D eigenvalue weighted by molar-refractivity contribution is 0.00578. The molecular formula is C88H120B3Br3Cl4F5N17O20S5. The monoisotopic (exact) mass is 2400 g/mol. The van der Waals surface area contributed by atoms with Gasteiger partial charge in [-0.3, -0.25) is 33.6 Å². The van der Waals surface area contributed by atoms with Gasteiger partial charge in [0.15, 0.2) is 11.6 Å². The largest absolute Gasteiger partial charge is 0.495 e. The van der Waals surface area contributed by atoms with E-state index in [1.807, 2.05) is 97.8 Å². The number of nitrogen functional groups attached to an aromatic ring is 3. The van der Waals surface area contributed by atoms with Crippen molar-refractivity contribution in [2.45, 2.75) is 117 Å². The number of rotatable bonds is 24. The third-order valence-corrected chi connectivity index (χ3v) is 31.6. The minimum atomic E-state index is -3.65. The number of nitrogens with zero attached hydrogens (tertiary/aromatic N) is 9. The zero-order chi connectivity index (χ0) is 107. The Labute approximate surface area is 889 Å². The first kappa shape index (κ1) is 124. The molecule has 7 aliphatic rings. The van der Waals surface area contributed by atoms with Crippen molar-refractivity contribution < 1.29 is 111 Å². The van der Waals surface area contributed by atoms with E-state index in [-0.39, 0.29) is 97.3 Å². The van der Waals surface area contributed by atoms with E-state index in [0.717, 1.165) is 63.7 Å². The van der Waals surface area contributed by atoms with Gasteiger partial charge in [-0.05, 0) is 204 Å². The van der Waals surface area contributed by atoms with Crippen molar-refractivity contribution in [2.75, 3.05) is 201 Å². The second-order valence-electron chi connectivity index (χ2n) is 36.0. The molecule has 7 aliphatic heterocycles. The first-order valence-electron chi connectivity index (χ1n) is 45.1. The Balaban J connectivity index is 0.000000207. The van der Waals surface area contributed by atoms with Crippen LogP contribution in [-0.4, -0.2) is 307 Å². The molecule has 16 rings (SSSR count). The van der Waals surface area contributed by atoms with E-state index in [1.165, 1.54) is 67.3 Å². The molecule has 5 aromatic carbocycles. The van der Waals surface area contributed by atoms with Gasteiger partial charge in [-0.15, -0.1) is 23.2 Å². The number of aromatic nitrogens is 6. The molecule has 145 heavy (non-hydrogen) atoms. The van der Waals surface area contributed by atoms with Crippen LogP contribution in [0, 0.1) is 29.1 Å². The van der Waals surface area contributed by atoms with Crippen molar-refractivity contribution in [3.05, 3.63) is 176 Å². The Bertz CT molecular complexity index is 6210. The molecular weight excluding hydrogens is 2280 g/mol. The van der Waals surface area contributed by atoms with E-state index in [2.05, 4.69) is 102 Å². The molecule has 4 aromatic heterocycles. The molecule has 7 fully saturated rings. The molecule has 11 N–H and O–H groups in total. The lowest BCUT2D eigenvalue weighted by Gasteiger charge is -2.32. The molecule has 37 nitrogen and oxygen atoms in total. The summed E-state index contributed by atoms with van der Waals surface area (Å²) in [6, 6.07) is 26.7. The summed E-state index contributed by atoms with van der Waals surface area (Å²) >= 11 is 25.3. The van der Waals surface area contributed by atoms with Crippen molar-refractivity contribution in [1.29, 1.82) is 0 Å². The number of fused-ring (bicyclic) bond motifs is 2. The lowest BCUT2D eigenvalue weighted by atomic mass is 9.49. The average Bonchev–Trinajstić information content (AvgIpc) is 2.00. The number of benzene rings is 5. The van der Waals surface area contributed by atoms with Crippen LogP contribution in [0.1, 0.15) is 83.1 Å². The lowest BCUT2D eigenvalue weighted by Crippen LogP contribution is -2.41. The SMILES string of the molecule is C1COCCN1.CC1(C)OB(B2OC(C)(C)C(C)(C)O2)OC1(C)C.CC1(C)OB(c2cc(F)cc(NS(=O)(=O)CCN3CCOCC3)c2)OC1(C)C.Nc1cc(F)cc(Br)c1.Nc1ncnc2ccc(-c3cc(F)cc(NS(=O)(=O)CCN4CCOCC4)c3)nc12.Nc1ncnc2ccc(Cl)nc12.O=S(=O)(CCCl)Nc1cc(F)cc(Br)c1.O=S(=O)(CCN1CCOCC1)Nc1cc(F)cc(Br)c1.O=S(=O)(Cl)CCCl. The van der Waals surface area contributed by atoms with Crippen LogP contribution in [0.3, 0.4) is 0 Å². The van der Waals surface area contributed by atoms with Gasteiger partial charge in [-0.2, -0.15) is 0 Å². The van der Waals surface area contributed by atoms with Gasteiger partial charge in [0.1, 0.15) is 57.9 Å². The Morgan fingerprint density at radius 2 is 0.731 bits per heavy atom. The highest BCUT2D eigenvalue weighted by Crippen LogP contribution is 2.44. The summed E-state index contributed by atoms with van der Waals surface area (Å²) in [5.74, 6) is -2.42. The van der Waals surface area contributed by atoms with Crippen LogP contribution >= 0.6 is 93.3 Å². The summed E-state index contributed by atoms with van der Waals surface area (Å²) in [7, 11) is -14.6. The fourth-order valence-corrected chi connectivity index (χ4v) is 20.7. The number of hydrogen-bond acceptors (Lipinski definition) is 33. The van der Waals surface area contributed by atoms with Gasteiger partial charge < -0.3 is 69.4 Å². The average molecular weight is 2410 g/mol. The quantitative estimate of drug-likeness (QED) is 0.00695. The summed E-state index contributed by atoms with van der Waals surface area (Å²) < 4.78 is 251. The number of alkyl halides is 2. The van der Waals surface area contributed by atoms with Gasteiger partial charge in [0, 0.05) is 119 Å². The summed E-state index contributed by atoms with van der Waals surface area (Å²) in [6.45, 7) is 36.8. The van der Waals surface area contributed by atoms with Gasteiger partial charge in [0.2, 0.25) is 49.1 Å². The Hall–Kier alpha value is -6.69. The maximum atomic E-state index is 14.2. The minimum Gasteiger partial charge on any atom is -0.405 e. The molecule has 0 atom stereocenters. The summed E-state index contributed by atoms with van der Waals surface area (Å²) in [5, 5.41) is 3.55. The van der Waals surface area contributed by atoms with Gasteiger partial charge in [0.25, 0.3) is 0 Å². The smallest absolute Gasteiger partial charge is 0.405 e. The predicted octanol–water partition coefficient (Wildman–Crippen LogP) is 13.0. The molecule has 0 radical (unpaired) electrons.